The second-order valence-corrected chi connectivity index (χ2v) is 7.11. The first-order valence-corrected chi connectivity index (χ1v) is 9.73. The maximum Gasteiger partial charge on any atom is 0.270 e. The van der Waals surface area contributed by atoms with Crippen LogP contribution in [0.3, 0.4) is 0 Å². The lowest BCUT2D eigenvalue weighted by atomic mass is 10.1. The highest BCUT2D eigenvalue weighted by atomic mass is 79.9. The summed E-state index contributed by atoms with van der Waals surface area (Å²) in [6.45, 7) is 2.29. The third-order valence-corrected chi connectivity index (χ3v) is 5.05. The maximum atomic E-state index is 14.2. The molecule has 0 bridgehead atoms. The fourth-order valence-electron chi connectivity index (χ4n) is 2.75. The summed E-state index contributed by atoms with van der Waals surface area (Å²) in [6, 6.07) is 8.99. The third-order valence-electron chi connectivity index (χ3n) is 4.08. The lowest BCUT2D eigenvalue weighted by Gasteiger charge is -2.29. The van der Waals surface area contributed by atoms with Crippen molar-refractivity contribution in [2.45, 2.75) is 6.92 Å². The molecule has 2 amide bonds. The molecule has 6 nitrogen and oxygen atoms in total. The minimum atomic E-state index is -0.733. The fraction of sp³-hybridized carbons (Fsp3) is 0.150. The van der Waals surface area contributed by atoms with Gasteiger partial charge in [-0.25, -0.2) is 9.29 Å². The van der Waals surface area contributed by atoms with Gasteiger partial charge in [-0.1, -0.05) is 28.1 Å². The second kappa shape index (κ2) is 8.71. The normalized spacial score (nSPS) is 15.5. The van der Waals surface area contributed by atoms with Crippen molar-refractivity contribution in [2.75, 3.05) is 18.6 Å². The van der Waals surface area contributed by atoms with Gasteiger partial charge < -0.3 is 9.47 Å². The number of halogens is 2. The number of rotatable bonds is 5. The van der Waals surface area contributed by atoms with Crippen LogP contribution >= 0.6 is 28.1 Å². The molecule has 2 aromatic rings. The van der Waals surface area contributed by atoms with Crippen molar-refractivity contribution in [3.63, 3.8) is 0 Å². The number of amides is 2. The predicted molar refractivity (Wildman–Crippen MR) is 114 cm³/mol. The first-order valence-electron chi connectivity index (χ1n) is 8.53. The predicted octanol–water partition coefficient (Wildman–Crippen LogP) is 3.83. The zero-order valence-electron chi connectivity index (χ0n) is 15.5. The van der Waals surface area contributed by atoms with Crippen LogP contribution in [-0.4, -0.2) is 30.6 Å². The molecule has 1 saturated heterocycles. The van der Waals surface area contributed by atoms with Crippen LogP contribution in [0, 0.1) is 5.82 Å². The van der Waals surface area contributed by atoms with Gasteiger partial charge in [-0.15, -0.1) is 0 Å². The highest BCUT2D eigenvalue weighted by Crippen LogP contribution is 2.35. The number of nitrogens with zero attached hydrogens (tertiary/aromatic N) is 1. The van der Waals surface area contributed by atoms with E-state index in [9.17, 15) is 14.0 Å². The first kappa shape index (κ1) is 20.9. The van der Waals surface area contributed by atoms with E-state index in [-0.39, 0.29) is 16.4 Å². The van der Waals surface area contributed by atoms with E-state index < -0.39 is 17.6 Å². The zero-order chi connectivity index (χ0) is 21.1. The van der Waals surface area contributed by atoms with Gasteiger partial charge in [0, 0.05) is 4.47 Å². The molecule has 150 valence electrons. The number of hydrogen-bond donors (Lipinski definition) is 1. The molecule has 0 radical (unpaired) electrons. The van der Waals surface area contributed by atoms with Crippen LogP contribution in [-0.2, 0) is 9.59 Å². The summed E-state index contributed by atoms with van der Waals surface area (Å²) >= 11 is 8.49. The molecule has 0 atom stereocenters. The summed E-state index contributed by atoms with van der Waals surface area (Å²) in [5, 5.41) is 2.24. The van der Waals surface area contributed by atoms with Crippen LogP contribution in [0.4, 0.5) is 10.1 Å². The van der Waals surface area contributed by atoms with E-state index in [0.717, 1.165) is 4.90 Å². The number of nitrogens with one attached hydrogen (secondary N) is 1. The van der Waals surface area contributed by atoms with Gasteiger partial charge in [0.05, 0.1) is 19.4 Å². The van der Waals surface area contributed by atoms with Gasteiger partial charge in [0.15, 0.2) is 16.6 Å². The van der Waals surface area contributed by atoms with Crippen LogP contribution < -0.4 is 19.7 Å². The zero-order valence-corrected chi connectivity index (χ0v) is 17.9. The van der Waals surface area contributed by atoms with Gasteiger partial charge in [0.2, 0.25) is 0 Å². The van der Waals surface area contributed by atoms with Crippen LogP contribution in [0.5, 0.6) is 11.5 Å². The third kappa shape index (κ3) is 4.15. The minimum absolute atomic E-state index is 0.0447. The van der Waals surface area contributed by atoms with Gasteiger partial charge in [-0.2, -0.15) is 0 Å². The number of benzene rings is 2. The number of methoxy groups -OCH3 is 1. The lowest BCUT2D eigenvalue weighted by molar-refractivity contribution is -0.122. The van der Waals surface area contributed by atoms with E-state index in [1.54, 1.807) is 18.2 Å². The van der Waals surface area contributed by atoms with E-state index in [4.69, 9.17) is 21.7 Å². The van der Waals surface area contributed by atoms with Gasteiger partial charge in [0.25, 0.3) is 11.8 Å². The summed E-state index contributed by atoms with van der Waals surface area (Å²) in [6.07, 6.45) is 1.38. The Morgan fingerprint density at radius 3 is 2.62 bits per heavy atom. The molecule has 1 aliphatic rings. The molecular formula is C20H16BrFN2O4S. The Kier molecular flexibility index (Phi) is 6.29. The van der Waals surface area contributed by atoms with E-state index in [0.29, 0.717) is 28.1 Å². The average Bonchev–Trinajstić information content (AvgIpc) is 2.68. The molecule has 0 unspecified atom stereocenters. The van der Waals surface area contributed by atoms with Crippen LogP contribution in [0.1, 0.15) is 12.5 Å². The Hall–Kier alpha value is -2.78. The molecule has 9 heteroatoms. The van der Waals surface area contributed by atoms with E-state index in [1.807, 2.05) is 6.92 Å². The molecule has 1 fully saturated rings. The topological polar surface area (TPSA) is 67.9 Å². The number of hydrogen-bond acceptors (Lipinski definition) is 5. The molecule has 0 aromatic heterocycles. The van der Waals surface area contributed by atoms with Gasteiger partial charge in [-0.3, -0.25) is 14.9 Å². The molecule has 0 aliphatic carbocycles. The molecular weight excluding hydrogens is 463 g/mol. The molecule has 1 heterocycles. The SMILES string of the molecule is CCOc1cc(Br)c(/C=C2\C(=O)NC(=S)N(c3ccccc3F)C2=O)cc1OC. The summed E-state index contributed by atoms with van der Waals surface area (Å²) < 4.78 is 25.6. The van der Waals surface area contributed by atoms with Crippen molar-refractivity contribution in [3.8, 4) is 11.5 Å². The molecule has 2 aromatic carbocycles. The first-order chi connectivity index (χ1) is 13.9. The number of thiocarbonyl (C=S) groups is 1. The Morgan fingerprint density at radius 2 is 1.97 bits per heavy atom. The smallest absolute Gasteiger partial charge is 0.270 e. The number of anilines is 1. The van der Waals surface area contributed by atoms with Crippen molar-refractivity contribution in [3.05, 3.63) is 57.8 Å². The quantitative estimate of drug-likeness (QED) is 0.401. The highest BCUT2D eigenvalue weighted by Gasteiger charge is 2.35. The number of carbonyl (C=O) groups excluding carboxylic acids is 2. The molecule has 1 aliphatic heterocycles. The minimum Gasteiger partial charge on any atom is -0.493 e. The van der Waals surface area contributed by atoms with Gasteiger partial charge in [0.1, 0.15) is 11.4 Å². The van der Waals surface area contributed by atoms with Crippen molar-refractivity contribution in [1.29, 1.82) is 0 Å². The van der Waals surface area contributed by atoms with Gasteiger partial charge in [-0.05, 0) is 55.0 Å². The molecule has 3 rings (SSSR count). The summed E-state index contributed by atoms with van der Waals surface area (Å²) in [5.74, 6) is -1.09. The molecule has 29 heavy (non-hydrogen) atoms. The molecule has 1 N–H and O–H groups in total. The standard InChI is InChI=1S/C20H16BrFN2O4S/c1-3-28-17-10-13(21)11(9-16(17)27-2)8-12-18(25)23-20(29)24(19(12)26)15-7-5-4-6-14(15)22/h4-10H,3H2,1-2H3,(H,23,25,29)/b12-8+. The summed E-state index contributed by atoms with van der Waals surface area (Å²) in [5.41, 5.74) is 0.260. The van der Waals surface area contributed by atoms with E-state index >= 15 is 0 Å². The second-order valence-electron chi connectivity index (χ2n) is 5.87. The Balaban J connectivity index is 2.06. The summed E-state index contributed by atoms with van der Waals surface area (Å²) in [7, 11) is 1.49. The maximum absolute atomic E-state index is 14.2. The van der Waals surface area contributed by atoms with Gasteiger partial charge >= 0.3 is 0 Å². The van der Waals surface area contributed by atoms with Crippen molar-refractivity contribution in [1.82, 2.24) is 5.32 Å². The van der Waals surface area contributed by atoms with Crippen LogP contribution in [0.2, 0.25) is 0 Å². The summed E-state index contributed by atoms with van der Waals surface area (Å²) in [4.78, 5) is 26.4. The van der Waals surface area contributed by atoms with Crippen LogP contribution in [0.15, 0.2) is 46.4 Å². The van der Waals surface area contributed by atoms with Crippen molar-refractivity contribution < 1.29 is 23.5 Å². The van der Waals surface area contributed by atoms with Crippen molar-refractivity contribution in [2.24, 2.45) is 0 Å². The number of carbonyl (C=O) groups is 2. The number of para-hydroxylation sites is 1. The van der Waals surface area contributed by atoms with Crippen LogP contribution in [0.25, 0.3) is 6.08 Å². The monoisotopic (exact) mass is 478 g/mol. The highest BCUT2D eigenvalue weighted by molar-refractivity contribution is 9.10. The Morgan fingerprint density at radius 1 is 1.24 bits per heavy atom. The molecule has 0 spiro atoms. The fourth-order valence-corrected chi connectivity index (χ4v) is 3.46. The molecule has 0 saturated carbocycles. The number of ether oxygens (including phenoxy) is 2. The Labute approximate surface area is 180 Å². The van der Waals surface area contributed by atoms with E-state index in [2.05, 4.69) is 21.2 Å². The van der Waals surface area contributed by atoms with E-state index in [1.165, 1.54) is 31.4 Å². The lowest BCUT2D eigenvalue weighted by Crippen LogP contribution is -2.54. The van der Waals surface area contributed by atoms with Crippen molar-refractivity contribution >= 4 is 56.8 Å². The average molecular weight is 479 g/mol. The Bertz CT molecular complexity index is 1040. The largest absolute Gasteiger partial charge is 0.493 e.